The van der Waals surface area contributed by atoms with Gasteiger partial charge < -0.3 is 16.2 Å². The van der Waals surface area contributed by atoms with Crippen LogP contribution in [-0.2, 0) is 20.9 Å². The van der Waals surface area contributed by atoms with E-state index in [4.69, 9.17) is 16.2 Å². The molecule has 5 N–H and O–H groups in total. The third-order valence-corrected chi connectivity index (χ3v) is 6.02. The van der Waals surface area contributed by atoms with E-state index in [9.17, 15) is 14.4 Å². The summed E-state index contributed by atoms with van der Waals surface area (Å²) in [5, 5.41) is 3.09. The Kier molecular flexibility index (Phi) is 7.37. The Morgan fingerprint density at radius 1 is 1.19 bits per heavy atom. The first-order valence-electron chi connectivity index (χ1n) is 11.3. The molecule has 2 aromatic carbocycles. The van der Waals surface area contributed by atoms with Crippen LogP contribution in [0.3, 0.4) is 0 Å². The summed E-state index contributed by atoms with van der Waals surface area (Å²) in [6.07, 6.45) is 0.176. The number of benzene rings is 2. The average molecular weight is 492 g/mol. The summed E-state index contributed by atoms with van der Waals surface area (Å²) < 4.78 is 20.2. The number of primary amides is 1. The van der Waals surface area contributed by atoms with E-state index in [1.54, 1.807) is 48.7 Å². The largest absolute Gasteiger partial charge is 0.442 e. The first-order valence-corrected chi connectivity index (χ1v) is 11.3. The van der Waals surface area contributed by atoms with Crippen LogP contribution in [0.4, 0.5) is 14.9 Å². The van der Waals surface area contributed by atoms with Crippen molar-refractivity contribution in [3.63, 3.8) is 0 Å². The maximum Gasteiger partial charge on any atom is 0.414 e. The van der Waals surface area contributed by atoms with Crippen molar-refractivity contribution in [3.05, 3.63) is 83.9 Å². The minimum Gasteiger partial charge on any atom is -0.442 e. The molecule has 2 heterocycles. The Hall–Kier alpha value is -4.15. The van der Waals surface area contributed by atoms with Crippen molar-refractivity contribution in [2.24, 2.45) is 11.5 Å². The van der Waals surface area contributed by atoms with E-state index < -0.39 is 36.0 Å². The monoisotopic (exact) mass is 491 g/mol. The predicted molar refractivity (Wildman–Crippen MR) is 131 cm³/mol. The van der Waals surface area contributed by atoms with E-state index in [1.807, 2.05) is 12.1 Å². The zero-order valence-corrected chi connectivity index (χ0v) is 19.6. The van der Waals surface area contributed by atoms with E-state index in [0.29, 0.717) is 28.9 Å². The molecule has 2 amide bonds. The van der Waals surface area contributed by atoms with Crippen molar-refractivity contribution in [3.8, 4) is 11.1 Å². The zero-order chi connectivity index (χ0) is 25.8. The van der Waals surface area contributed by atoms with Crippen molar-refractivity contribution in [1.29, 1.82) is 0 Å². The number of anilines is 1. The lowest BCUT2D eigenvalue weighted by molar-refractivity contribution is -0.121. The van der Waals surface area contributed by atoms with E-state index in [2.05, 4.69) is 10.3 Å². The van der Waals surface area contributed by atoms with Crippen LogP contribution in [0.5, 0.6) is 0 Å². The number of ether oxygens (including phenoxy) is 1. The number of carbonyl (C=O) groups excluding carboxylic acids is 3. The summed E-state index contributed by atoms with van der Waals surface area (Å²) in [5.41, 5.74) is 14.0. The van der Waals surface area contributed by atoms with Crippen LogP contribution < -0.4 is 21.7 Å². The molecule has 9 nitrogen and oxygen atoms in total. The molecule has 4 rings (SSSR count). The molecule has 0 aliphatic carbocycles. The second-order valence-corrected chi connectivity index (χ2v) is 8.49. The fraction of sp³-hybridized carbons (Fsp3) is 0.231. The van der Waals surface area contributed by atoms with Crippen molar-refractivity contribution < 1.29 is 23.5 Å². The highest BCUT2D eigenvalue weighted by Crippen LogP contribution is 2.30. The molecule has 1 fully saturated rings. The van der Waals surface area contributed by atoms with Crippen molar-refractivity contribution >= 4 is 23.5 Å². The van der Waals surface area contributed by atoms with Gasteiger partial charge in [0.15, 0.2) is 0 Å². The molecule has 1 aliphatic rings. The van der Waals surface area contributed by atoms with E-state index in [0.717, 1.165) is 5.69 Å². The summed E-state index contributed by atoms with van der Waals surface area (Å²) in [5.74, 6) is -1.40. The first kappa shape index (κ1) is 25.0. The van der Waals surface area contributed by atoms with Gasteiger partial charge in [0, 0.05) is 18.3 Å². The zero-order valence-electron chi connectivity index (χ0n) is 19.6. The van der Waals surface area contributed by atoms with Crippen molar-refractivity contribution in [1.82, 2.24) is 10.3 Å². The van der Waals surface area contributed by atoms with Gasteiger partial charge in [0.25, 0.3) is 0 Å². The normalized spacial score (nSPS) is 16.9. The Morgan fingerprint density at radius 2 is 1.94 bits per heavy atom. The molecule has 3 aromatic rings. The number of carbonyl (C=O) groups is 3. The Morgan fingerprint density at radius 3 is 2.56 bits per heavy atom. The third kappa shape index (κ3) is 5.40. The minimum atomic E-state index is -0.941. The number of aromatic nitrogens is 1. The number of nitrogens with one attached hydrogen (secondary N) is 1. The summed E-state index contributed by atoms with van der Waals surface area (Å²) >= 11 is 0. The lowest BCUT2D eigenvalue weighted by Gasteiger charge is -2.17. The predicted octanol–water partition coefficient (Wildman–Crippen LogP) is 2.45. The van der Waals surface area contributed by atoms with Crippen molar-refractivity contribution in [2.45, 2.75) is 31.7 Å². The molecule has 0 bridgehead atoms. The van der Waals surface area contributed by atoms with Crippen LogP contribution in [-0.4, -0.2) is 41.5 Å². The van der Waals surface area contributed by atoms with Gasteiger partial charge in [0.2, 0.25) is 5.91 Å². The number of amides is 2. The van der Waals surface area contributed by atoms with Gasteiger partial charge in [0.05, 0.1) is 17.9 Å². The van der Waals surface area contributed by atoms with Gasteiger partial charge in [-0.3, -0.25) is 24.8 Å². The standard InChI is InChI=1S/C26H26FN5O4/c1-15(33)23(28)22-14-32(26(35)36-22)19-9-10-20(21(27)12-19)16-5-7-17(8-6-16)24(25(29)34)31-13-18-4-2-3-11-30-18/h2-12,22-24,31H,13-14,28H2,1H3,(H2,29,34)/t22?,23-,24?/m1/s1. The number of nitrogens with zero attached hydrogens (tertiary/aromatic N) is 2. The fourth-order valence-corrected chi connectivity index (χ4v) is 4.00. The van der Waals surface area contributed by atoms with Gasteiger partial charge in [-0.2, -0.15) is 0 Å². The number of hydrogen-bond acceptors (Lipinski definition) is 7. The minimum absolute atomic E-state index is 0.0487. The lowest BCUT2D eigenvalue weighted by Crippen LogP contribution is -2.43. The highest BCUT2D eigenvalue weighted by molar-refractivity contribution is 5.92. The van der Waals surface area contributed by atoms with E-state index in [1.165, 1.54) is 17.9 Å². The molecule has 1 saturated heterocycles. The molecule has 3 atom stereocenters. The molecule has 0 spiro atoms. The number of halogens is 1. The van der Waals surface area contributed by atoms with Crippen LogP contribution in [0.25, 0.3) is 11.1 Å². The molecule has 10 heteroatoms. The number of ketones is 1. The second kappa shape index (κ2) is 10.6. The SMILES string of the molecule is CC(=O)[C@@H](N)C1CN(c2ccc(-c3ccc(C(NCc4ccccn4)C(N)=O)cc3)c(F)c2)C(=O)O1. The quantitative estimate of drug-likeness (QED) is 0.418. The van der Waals surface area contributed by atoms with Crippen LogP contribution in [0, 0.1) is 5.82 Å². The van der Waals surface area contributed by atoms with Gasteiger partial charge in [0.1, 0.15) is 29.8 Å². The average Bonchev–Trinajstić information content (AvgIpc) is 3.26. The van der Waals surface area contributed by atoms with Crippen LogP contribution >= 0.6 is 0 Å². The Labute approximate surface area is 207 Å². The summed E-state index contributed by atoms with van der Waals surface area (Å²) in [6.45, 7) is 1.72. The third-order valence-electron chi connectivity index (χ3n) is 6.02. The maximum atomic E-state index is 15.0. The summed E-state index contributed by atoms with van der Waals surface area (Å²) in [6, 6.07) is 15.0. The summed E-state index contributed by atoms with van der Waals surface area (Å²) in [4.78, 5) is 41.3. The maximum absolute atomic E-state index is 15.0. The van der Waals surface area contributed by atoms with Gasteiger partial charge in [-0.25, -0.2) is 9.18 Å². The topological polar surface area (TPSA) is 141 Å². The molecule has 1 aromatic heterocycles. The molecule has 2 unspecified atom stereocenters. The van der Waals surface area contributed by atoms with Gasteiger partial charge in [-0.15, -0.1) is 0 Å². The number of nitrogens with two attached hydrogens (primary N) is 2. The van der Waals surface area contributed by atoms with E-state index >= 15 is 4.39 Å². The van der Waals surface area contributed by atoms with Crippen LogP contribution in [0.2, 0.25) is 0 Å². The highest BCUT2D eigenvalue weighted by Gasteiger charge is 2.38. The van der Waals surface area contributed by atoms with Crippen LogP contribution in [0.15, 0.2) is 66.9 Å². The summed E-state index contributed by atoms with van der Waals surface area (Å²) in [7, 11) is 0. The second-order valence-electron chi connectivity index (χ2n) is 8.49. The van der Waals surface area contributed by atoms with E-state index in [-0.39, 0.29) is 12.3 Å². The molecule has 36 heavy (non-hydrogen) atoms. The number of Topliss-reactive ketones (excluding diaryl/α,β-unsaturated/α-hetero) is 1. The fourth-order valence-electron chi connectivity index (χ4n) is 4.00. The number of pyridine rings is 1. The molecular weight excluding hydrogens is 465 g/mol. The highest BCUT2D eigenvalue weighted by atomic mass is 19.1. The molecule has 186 valence electrons. The number of rotatable bonds is 9. The molecular formula is C26H26FN5O4. The van der Waals surface area contributed by atoms with Gasteiger partial charge in [-0.05, 0) is 48.4 Å². The Bertz CT molecular complexity index is 1270. The van der Waals surface area contributed by atoms with Crippen LogP contribution in [0.1, 0.15) is 24.2 Å². The molecule has 0 radical (unpaired) electrons. The molecule has 1 aliphatic heterocycles. The smallest absolute Gasteiger partial charge is 0.414 e. The van der Waals surface area contributed by atoms with Crippen molar-refractivity contribution in [2.75, 3.05) is 11.4 Å². The first-order chi connectivity index (χ1) is 17.2. The van der Waals surface area contributed by atoms with Gasteiger partial charge in [-0.1, -0.05) is 30.3 Å². The van der Waals surface area contributed by atoms with Gasteiger partial charge >= 0.3 is 6.09 Å². The lowest BCUT2D eigenvalue weighted by atomic mass is 9.99. The Balaban J connectivity index is 1.48. The number of hydrogen-bond donors (Lipinski definition) is 3. The molecule has 0 saturated carbocycles. The number of cyclic esters (lactones) is 1.